The van der Waals surface area contributed by atoms with E-state index in [0.717, 1.165) is 53.8 Å². The lowest BCUT2D eigenvalue weighted by Crippen LogP contribution is -2.36. The highest BCUT2D eigenvalue weighted by atomic mass is 32.1. The van der Waals surface area contributed by atoms with Gasteiger partial charge in [0.1, 0.15) is 29.1 Å². The fourth-order valence-electron chi connectivity index (χ4n) is 4.30. The maximum absolute atomic E-state index is 12.8. The molecule has 4 rings (SSSR count). The van der Waals surface area contributed by atoms with Gasteiger partial charge >= 0.3 is 0 Å². The van der Waals surface area contributed by atoms with Crippen molar-refractivity contribution >= 4 is 21.6 Å². The average molecular weight is 442 g/mol. The summed E-state index contributed by atoms with van der Waals surface area (Å²) in [5.74, 6) is 1.46. The Labute approximate surface area is 186 Å². The number of aromatic amines is 1. The molecule has 31 heavy (non-hydrogen) atoms. The Kier molecular flexibility index (Phi) is 7.05. The number of hydrogen-bond acceptors (Lipinski definition) is 6. The number of nitrogens with zero attached hydrogens (tertiary/aromatic N) is 2. The van der Waals surface area contributed by atoms with Crippen LogP contribution in [0.1, 0.15) is 48.0 Å². The number of rotatable bonds is 9. The van der Waals surface area contributed by atoms with Gasteiger partial charge in [-0.05, 0) is 62.8 Å². The summed E-state index contributed by atoms with van der Waals surface area (Å²) in [7, 11) is 0. The second-order valence-corrected chi connectivity index (χ2v) is 9.45. The summed E-state index contributed by atoms with van der Waals surface area (Å²) in [5, 5.41) is 11.3. The van der Waals surface area contributed by atoms with Crippen LogP contribution in [0.25, 0.3) is 10.2 Å². The van der Waals surface area contributed by atoms with Crippen LogP contribution in [-0.2, 0) is 19.4 Å². The Hall–Kier alpha value is -2.22. The Morgan fingerprint density at radius 2 is 2.10 bits per heavy atom. The zero-order valence-corrected chi connectivity index (χ0v) is 19.1. The van der Waals surface area contributed by atoms with Crippen molar-refractivity contribution in [2.24, 2.45) is 0 Å². The molecule has 3 aromatic rings. The van der Waals surface area contributed by atoms with E-state index < -0.39 is 6.10 Å². The van der Waals surface area contributed by atoms with Gasteiger partial charge in [0.25, 0.3) is 5.56 Å². The van der Waals surface area contributed by atoms with E-state index in [4.69, 9.17) is 9.72 Å². The smallest absolute Gasteiger partial charge is 0.259 e. The second-order valence-electron chi connectivity index (χ2n) is 8.37. The van der Waals surface area contributed by atoms with Gasteiger partial charge in [-0.15, -0.1) is 11.3 Å². The predicted octanol–water partition coefficient (Wildman–Crippen LogP) is 3.82. The lowest BCUT2D eigenvalue weighted by molar-refractivity contribution is 0.0645. The molecule has 0 saturated heterocycles. The lowest BCUT2D eigenvalue weighted by Gasteiger charge is -2.24. The number of aliphatic hydroxyl groups excluding tert-OH is 1. The molecular formula is C24H31N3O3S. The second kappa shape index (κ2) is 9.94. The number of para-hydroxylation sites is 1. The third-order valence-electron chi connectivity index (χ3n) is 5.78. The molecule has 0 aliphatic heterocycles. The van der Waals surface area contributed by atoms with Crippen molar-refractivity contribution in [3.05, 3.63) is 56.4 Å². The van der Waals surface area contributed by atoms with Gasteiger partial charge in [-0.1, -0.05) is 25.1 Å². The Balaban J connectivity index is 1.44. The minimum atomic E-state index is -0.629. The van der Waals surface area contributed by atoms with E-state index in [9.17, 15) is 9.90 Å². The quantitative estimate of drug-likeness (QED) is 0.528. The van der Waals surface area contributed by atoms with Crippen molar-refractivity contribution in [2.75, 3.05) is 19.7 Å². The van der Waals surface area contributed by atoms with Crippen molar-refractivity contribution in [3.8, 4) is 5.75 Å². The molecule has 1 atom stereocenters. The molecule has 1 aliphatic rings. The predicted molar refractivity (Wildman–Crippen MR) is 125 cm³/mol. The zero-order chi connectivity index (χ0) is 21.8. The van der Waals surface area contributed by atoms with E-state index in [1.807, 2.05) is 31.2 Å². The summed E-state index contributed by atoms with van der Waals surface area (Å²) < 4.78 is 5.80. The minimum absolute atomic E-state index is 0.0284. The summed E-state index contributed by atoms with van der Waals surface area (Å²) in [6, 6.07) is 7.80. The van der Waals surface area contributed by atoms with Crippen LogP contribution in [0.15, 0.2) is 29.1 Å². The van der Waals surface area contributed by atoms with Gasteiger partial charge < -0.3 is 14.8 Å². The van der Waals surface area contributed by atoms with Crippen LogP contribution in [0, 0.1) is 6.92 Å². The molecule has 166 valence electrons. The van der Waals surface area contributed by atoms with Crippen LogP contribution >= 0.6 is 11.3 Å². The number of aryl methyl sites for hydroxylation is 3. The average Bonchev–Trinajstić information content (AvgIpc) is 3.12. The number of aliphatic hydroxyl groups is 1. The molecule has 1 aromatic carbocycles. The molecule has 0 unspecified atom stereocenters. The van der Waals surface area contributed by atoms with Crippen molar-refractivity contribution in [3.63, 3.8) is 0 Å². The molecule has 6 nitrogen and oxygen atoms in total. The van der Waals surface area contributed by atoms with Crippen LogP contribution < -0.4 is 10.3 Å². The van der Waals surface area contributed by atoms with Gasteiger partial charge in [0.2, 0.25) is 0 Å². The van der Waals surface area contributed by atoms with Gasteiger partial charge in [-0.2, -0.15) is 0 Å². The number of fused-ring (bicyclic) bond motifs is 3. The summed E-state index contributed by atoms with van der Waals surface area (Å²) in [6.45, 7) is 6.10. The third kappa shape index (κ3) is 5.17. The highest BCUT2D eigenvalue weighted by molar-refractivity contribution is 7.18. The SMILES string of the molecule is CCCN(Cc1nc2sc3c(c2c(=O)[nH]1)CCCC3)C[C@H](O)COc1ccccc1C. The molecule has 0 fully saturated rings. The number of H-pyrrole nitrogens is 1. The molecule has 0 radical (unpaired) electrons. The molecule has 2 aromatic heterocycles. The van der Waals surface area contributed by atoms with E-state index in [0.29, 0.717) is 18.9 Å². The van der Waals surface area contributed by atoms with E-state index in [2.05, 4.69) is 16.8 Å². The topological polar surface area (TPSA) is 78.5 Å². The minimum Gasteiger partial charge on any atom is -0.491 e. The Bertz CT molecular complexity index is 1090. The molecule has 0 spiro atoms. The number of benzene rings is 1. The number of aromatic nitrogens is 2. The molecule has 1 aliphatic carbocycles. The summed E-state index contributed by atoms with van der Waals surface area (Å²) in [5.41, 5.74) is 2.23. The standard InChI is InChI=1S/C24H31N3O3S/c1-3-12-27(13-17(28)15-30-19-10-6-4-8-16(19)2)14-21-25-23(29)22-18-9-5-7-11-20(18)31-24(22)26-21/h4,6,8,10,17,28H,3,5,7,9,11-15H2,1-2H3,(H,25,26,29)/t17-/m0/s1. The van der Waals surface area contributed by atoms with Gasteiger partial charge in [0, 0.05) is 11.4 Å². The van der Waals surface area contributed by atoms with Crippen molar-refractivity contribution < 1.29 is 9.84 Å². The van der Waals surface area contributed by atoms with Crippen molar-refractivity contribution in [2.45, 2.75) is 58.6 Å². The Morgan fingerprint density at radius 1 is 1.29 bits per heavy atom. The molecule has 7 heteroatoms. The van der Waals surface area contributed by atoms with E-state index in [1.165, 1.54) is 16.9 Å². The molecule has 0 saturated carbocycles. The third-order valence-corrected chi connectivity index (χ3v) is 6.97. The van der Waals surface area contributed by atoms with E-state index in [1.54, 1.807) is 11.3 Å². The van der Waals surface area contributed by atoms with Gasteiger partial charge in [-0.3, -0.25) is 9.69 Å². The summed E-state index contributed by atoms with van der Waals surface area (Å²) >= 11 is 1.67. The molecular weight excluding hydrogens is 410 g/mol. The van der Waals surface area contributed by atoms with Crippen LogP contribution in [-0.4, -0.2) is 45.8 Å². The van der Waals surface area contributed by atoms with Crippen LogP contribution in [0.3, 0.4) is 0 Å². The first-order chi connectivity index (χ1) is 15.0. The first-order valence-corrected chi connectivity index (χ1v) is 12.0. The van der Waals surface area contributed by atoms with Crippen LogP contribution in [0.2, 0.25) is 0 Å². The number of thiophene rings is 1. The number of nitrogens with one attached hydrogen (secondary N) is 1. The highest BCUT2D eigenvalue weighted by Crippen LogP contribution is 2.33. The molecule has 0 amide bonds. The summed E-state index contributed by atoms with van der Waals surface area (Å²) in [4.78, 5) is 24.9. The number of hydrogen-bond donors (Lipinski definition) is 2. The molecule has 2 N–H and O–H groups in total. The van der Waals surface area contributed by atoms with Crippen molar-refractivity contribution in [1.29, 1.82) is 0 Å². The van der Waals surface area contributed by atoms with Crippen LogP contribution in [0.5, 0.6) is 5.75 Å². The fourth-order valence-corrected chi connectivity index (χ4v) is 5.58. The van der Waals surface area contributed by atoms with Crippen molar-refractivity contribution in [1.82, 2.24) is 14.9 Å². The normalized spacial score (nSPS) is 14.7. The van der Waals surface area contributed by atoms with E-state index in [-0.39, 0.29) is 12.2 Å². The monoisotopic (exact) mass is 441 g/mol. The van der Waals surface area contributed by atoms with Gasteiger partial charge in [-0.25, -0.2) is 4.98 Å². The van der Waals surface area contributed by atoms with Crippen LogP contribution in [0.4, 0.5) is 0 Å². The van der Waals surface area contributed by atoms with E-state index >= 15 is 0 Å². The molecule has 2 heterocycles. The first-order valence-electron chi connectivity index (χ1n) is 11.2. The first kappa shape index (κ1) is 22.0. The highest BCUT2D eigenvalue weighted by Gasteiger charge is 2.21. The zero-order valence-electron chi connectivity index (χ0n) is 18.3. The maximum atomic E-state index is 12.8. The maximum Gasteiger partial charge on any atom is 0.259 e. The van der Waals surface area contributed by atoms with Gasteiger partial charge in [0.15, 0.2) is 0 Å². The lowest BCUT2D eigenvalue weighted by atomic mass is 9.97. The summed E-state index contributed by atoms with van der Waals surface area (Å²) in [6.07, 6.45) is 4.69. The molecule has 0 bridgehead atoms. The number of ether oxygens (including phenoxy) is 1. The Morgan fingerprint density at radius 3 is 2.90 bits per heavy atom. The van der Waals surface area contributed by atoms with Gasteiger partial charge in [0.05, 0.1) is 11.9 Å². The fraction of sp³-hybridized carbons (Fsp3) is 0.500. The largest absolute Gasteiger partial charge is 0.491 e.